The van der Waals surface area contributed by atoms with Crippen molar-refractivity contribution in [1.82, 2.24) is 0 Å². The molecule has 8 nitrogen and oxygen atoms in total. The molecule has 7 N–H and O–H groups in total. The fourth-order valence-corrected chi connectivity index (χ4v) is 1.67. The second-order valence-electron chi connectivity index (χ2n) is 4.45. The van der Waals surface area contributed by atoms with E-state index in [0.717, 1.165) is 0 Å². The van der Waals surface area contributed by atoms with Crippen molar-refractivity contribution in [2.45, 2.75) is 6.92 Å². The van der Waals surface area contributed by atoms with E-state index in [9.17, 15) is 4.79 Å². The number of aryl methyl sites for hydroxylation is 1. The fraction of sp³-hybridized carbons (Fsp3) is 0.0714. The molecular weight excluding hydrogens is 284 g/mol. The number of nitrogens with zero attached hydrogens (tertiary/aromatic N) is 2. The van der Waals surface area contributed by atoms with E-state index in [-0.39, 0.29) is 17.8 Å². The summed E-state index contributed by atoms with van der Waals surface area (Å²) in [5.74, 6) is 0.198. The molecule has 22 heavy (non-hydrogen) atoms. The molecule has 0 aliphatic carbocycles. The molecule has 114 valence electrons. The Kier molecular flexibility index (Phi) is 4.42. The van der Waals surface area contributed by atoms with E-state index in [4.69, 9.17) is 21.6 Å². The van der Waals surface area contributed by atoms with Gasteiger partial charge in [-0.15, -0.1) is 0 Å². The number of benzene rings is 1. The van der Waals surface area contributed by atoms with E-state index in [0.29, 0.717) is 22.7 Å². The van der Waals surface area contributed by atoms with Gasteiger partial charge in [0.25, 0.3) is 5.91 Å². The maximum Gasteiger partial charge on any atom is 0.258 e. The third kappa shape index (κ3) is 4.10. The van der Waals surface area contributed by atoms with Crippen molar-refractivity contribution in [3.05, 3.63) is 47.9 Å². The Morgan fingerprint density at radius 2 is 1.86 bits per heavy atom. The summed E-state index contributed by atoms with van der Waals surface area (Å²) in [6, 6.07) is 8.37. The number of nitrogens with one attached hydrogen (secondary N) is 1. The van der Waals surface area contributed by atoms with Gasteiger partial charge in [0.1, 0.15) is 12.0 Å². The number of nitrogens with two attached hydrogens (primary N) is 3. The van der Waals surface area contributed by atoms with Crippen molar-refractivity contribution < 1.29 is 9.21 Å². The number of hydrogen-bond acceptors (Lipinski definition) is 3. The summed E-state index contributed by atoms with van der Waals surface area (Å²) in [5.41, 5.74) is 17.5. The molecule has 0 aliphatic rings. The van der Waals surface area contributed by atoms with Crippen LogP contribution in [0.2, 0.25) is 0 Å². The first-order chi connectivity index (χ1) is 10.4. The van der Waals surface area contributed by atoms with E-state index in [1.807, 2.05) is 0 Å². The van der Waals surface area contributed by atoms with Gasteiger partial charge in [0.2, 0.25) is 5.96 Å². The molecule has 0 aliphatic heterocycles. The summed E-state index contributed by atoms with van der Waals surface area (Å²) < 4.78 is 5.09. The molecule has 0 saturated heterocycles. The third-order valence-electron chi connectivity index (χ3n) is 2.61. The van der Waals surface area contributed by atoms with Gasteiger partial charge in [-0.1, -0.05) is 0 Å². The van der Waals surface area contributed by atoms with Crippen LogP contribution in [0.3, 0.4) is 0 Å². The van der Waals surface area contributed by atoms with Gasteiger partial charge in [-0.2, -0.15) is 4.99 Å². The second-order valence-corrected chi connectivity index (χ2v) is 4.45. The van der Waals surface area contributed by atoms with Crippen LogP contribution >= 0.6 is 0 Å². The number of amides is 1. The lowest BCUT2D eigenvalue weighted by Crippen LogP contribution is -2.26. The summed E-state index contributed by atoms with van der Waals surface area (Å²) in [4.78, 5) is 19.6. The van der Waals surface area contributed by atoms with Gasteiger partial charge in [-0.3, -0.25) is 4.79 Å². The van der Waals surface area contributed by atoms with Crippen molar-refractivity contribution in [1.29, 1.82) is 0 Å². The molecule has 1 aromatic carbocycles. The van der Waals surface area contributed by atoms with E-state index in [2.05, 4.69) is 15.3 Å². The summed E-state index contributed by atoms with van der Waals surface area (Å²) in [6.45, 7) is 1.77. The van der Waals surface area contributed by atoms with Gasteiger partial charge in [0.05, 0.1) is 11.3 Å². The molecule has 0 fully saturated rings. The van der Waals surface area contributed by atoms with Crippen LogP contribution in [0.5, 0.6) is 0 Å². The molecule has 0 unspecified atom stereocenters. The summed E-state index contributed by atoms with van der Waals surface area (Å²) in [6.07, 6.45) is 1.40. The number of rotatable bonds is 3. The maximum atomic E-state index is 11.9. The highest BCUT2D eigenvalue weighted by Gasteiger charge is 2.08. The average molecular weight is 300 g/mol. The van der Waals surface area contributed by atoms with Crippen LogP contribution < -0.4 is 22.5 Å². The number of carbonyl (C=O) groups is 1. The van der Waals surface area contributed by atoms with Gasteiger partial charge in [0, 0.05) is 5.69 Å². The van der Waals surface area contributed by atoms with Crippen LogP contribution in [-0.4, -0.2) is 17.8 Å². The number of anilines is 1. The Balaban J connectivity index is 2.06. The van der Waals surface area contributed by atoms with Crippen molar-refractivity contribution in [2.75, 3.05) is 5.32 Å². The van der Waals surface area contributed by atoms with Crippen molar-refractivity contribution in [3.63, 3.8) is 0 Å². The van der Waals surface area contributed by atoms with Gasteiger partial charge >= 0.3 is 0 Å². The quantitative estimate of drug-likeness (QED) is 0.494. The summed E-state index contributed by atoms with van der Waals surface area (Å²) in [5, 5.41) is 2.74. The molecule has 0 atom stereocenters. The predicted molar refractivity (Wildman–Crippen MR) is 84.9 cm³/mol. The van der Waals surface area contributed by atoms with E-state index >= 15 is 0 Å². The molecule has 1 heterocycles. The SMILES string of the molecule is Cc1cc(C(=O)Nc2ccc(N=C(N)N=C(N)N)cc2)co1. The Morgan fingerprint density at radius 1 is 1.18 bits per heavy atom. The highest BCUT2D eigenvalue weighted by atomic mass is 16.3. The van der Waals surface area contributed by atoms with Crippen LogP contribution in [0.25, 0.3) is 0 Å². The van der Waals surface area contributed by atoms with E-state index in [1.54, 1.807) is 37.3 Å². The normalized spacial score (nSPS) is 11.0. The van der Waals surface area contributed by atoms with E-state index in [1.165, 1.54) is 6.26 Å². The molecule has 0 saturated carbocycles. The van der Waals surface area contributed by atoms with Gasteiger partial charge in [-0.05, 0) is 37.3 Å². The molecule has 1 amide bonds. The lowest BCUT2D eigenvalue weighted by Gasteiger charge is -2.03. The molecule has 2 aromatic rings. The van der Waals surface area contributed by atoms with Crippen LogP contribution in [0.1, 0.15) is 16.1 Å². The topological polar surface area (TPSA) is 145 Å². The highest BCUT2D eigenvalue weighted by molar-refractivity contribution is 6.04. The van der Waals surface area contributed by atoms with Crippen LogP contribution in [0.4, 0.5) is 11.4 Å². The number of guanidine groups is 2. The number of hydrogen-bond donors (Lipinski definition) is 4. The summed E-state index contributed by atoms with van der Waals surface area (Å²) in [7, 11) is 0. The lowest BCUT2D eigenvalue weighted by molar-refractivity contribution is 0.102. The minimum absolute atomic E-state index is 0.0503. The number of carbonyl (C=O) groups excluding carboxylic acids is 1. The monoisotopic (exact) mass is 300 g/mol. The second kappa shape index (κ2) is 6.44. The molecule has 0 radical (unpaired) electrons. The zero-order valence-electron chi connectivity index (χ0n) is 11.9. The maximum absolute atomic E-state index is 11.9. The fourth-order valence-electron chi connectivity index (χ4n) is 1.67. The van der Waals surface area contributed by atoms with Crippen LogP contribution in [-0.2, 0) is 0 Å². The standard InChI is InChI=1S/C14H16N6O2/c1-8-6-9(7-22-8)12(21)18-10-2-4-11(5-3-10)19-14(17)20-13(15)16/h2-7H,1H3,(H,18,21)(H6,15,16,17,19,20). The van der Waals surface area contributed by atoms with Gasteiger partial charge < -0.3 is 26.9 Å². The Morgan fingerprint density at radius 3 is 2.41 bits per heavy atom. The number of aliphatic imine (C=N–C) groups is 2. The molecule has 0 bridgehead atoms. The first-order valence-electron chi connectivity index (χ1n) is 6.34. The summed E-state index contributed by atoms with van der Waals surface area (Å²) >= 11 is 0. The zero-order valence-corrected chi connectivity index (χ0v) is 11.9. The van der Waals surface area contributed by atoms with Gasteiger partial charge in [0.15, 0.2) is 5.96 Å². The highest BCUT2D eigenvalue weighted by Crippen LogP contribution is 2.17. The van der Waals surface area contributed by atoms with Crippen LogP contribution in [0, 0.1) is 6.92 Å². The molecule has 8 heteroatoms. The van der Waals surface area contributed by atoms with Crippen molar-refractivity contribution in [2.24, 2.45) is 27.2 Å². The minimum Gasteiger partial charge on any atom is -0.469 e. The smallest absolute Gasteiger partial charge is 0.258 e. The predicted octanol–water partition coefficient (Wildman–Crippen LogP) is 1.06. The molecule has 0 spiro atoms. The molecular formula is C14H16N6O2. The number of furan rings is 1. The Hall–Kier alpha value is -3.29. The Labute approximate surface area is 126 Å². The first-order valence-corrected chi connectivity index (χ1v) is 6.34. The first kappa shape index (κ1) is 15.1. The lowest BCUT2D eigenvalue weighted by atomic mass is 10.2. The molecule has 1 aromatic heterocycles. The largest absolute Gasteiger partial charge is 0.469 e. The zero-order chi connectivity index (χ0) is 16.1. The van der Waals surface area contributed by atoms with Crippen molar-refractivity contribution in [3.8, 4) is 0 Å². The van der Waals surface area contributed by atoms with Crippen LogP contribution in [0.15, 0.2) is 51.0 Å². The third-order valence-corrected chi connectivity index (χ3v) is 2.61. The average Bonchev–Trinajstić information content (AvgIpc) is 2.87. The van der Waals surface area contributed by atoms with E-state index < -0.39 is 0 Å². The van der Waals surface area contributed by atoms with Crippen molar-refractivity contribution >= 4 is 29.2 Å². The Bertz CT molecular complexity index is 726. The van der Waals surface area contributed by atoms with Gasteiger partial charge in [-0.25, -0.2) is 4.99 Å². The minimum atomic E-state index is -0.256. The molecule has 2 rings (SSSR count).